The molecule has 0 aliphatic carbocycles. The van der Waals surface area contributed by atoms with Gasteiger partial charge in [0, 0.05) is 32.0 Å². The van der Waals surface area contributed by atoms with Crippen molar-refractivity contribution < 1.29 is 0 Å². The molecule has 0 amide bonds. The van der Waals surface area contributed by atoms with Crippen LogP contribution in [-0.4, -0.2) is 35.5 Å². The molecule has 106 valence electrons. The average Bonchev–Trinajstić information content (AvgIpc) is 2.47. The molecule has 2 aromatic heterocycles. The van der Waals surface area contributed by atoms with E-state index in [0.29, 0.717) is 0 Å². The van der Waals surface area contributed by atoms with Gasteiger partial charge in [-0.15, -0.1) is 0 Å². The van der Waals surface area contributed by atoms with Crippen molar-refractivity contribution in [3.8, 4) is 0 Å². The first kappa shape index (κ1) is 14.6. The van der Waals surface area contributed by atoms with Crippen LogP contribution in [0.25, 0.3) is 0 Å². The molecule has 0 aromatic carbocycles. The van der Waals surface area contributed by atoms with Crippen LogP contribution >= 0.6 is 0 Å². The first-order valence-electron chi connectivity index (χ1n) is 6.95. The van der Waals surface area contributed by atoms with E-state index in [-0.39, 0.29) is 0 Å². The summed E-state index contributed by atoms with van der Waals surface area (Å²) >= 11 is 0. The van der Waals surface area contributed by atoms with Crippen molar-refractivity contribution in [3.63, 3.8) is 0 Å². The molecule has 0 spiro atoms. The summed E-state index contributed by atoms with van der Waals surface area (Å²) in [6, 6.07) is 10.4. The van der Waals surface area contributed by atoms with Crippen LogP contribution in [0.1, 0.15) is 17.0 Å². The number of nitrogens with one attached hydrogen (secondary N) is 1. The van der Waals surface area contributed by atoms with Crippen LogP contribution in [0.4, 0.5) is 0 Å². The van der Waals surface area contributed by atoms with Crippen LogP contribution in [0.3, 0.4) is 0 Å². The minimum Gasteiger partial charge on any atom is -0.314 e. The Morgan fingerprint density at radius 2 is 1.85 bits per heavy atom. The minimum atomic E-state index is 0.814. The summed E-state index contributed by atoms with van der Waals surface area (Å²) in [5.74, 6) is 0. The summed E-state index contributed by atoms with van der Waals surface area (Å²) in [4.78, 5) is 11.0. The van der Waals surface area contributed by atoms with Crippen LogP contribution in [0.2, 0.25) is 0 Å². The molecule has 2 rings (SSSR count). The maximum absolute atomic E-state index is 4.64. The van der Waals surface area contributed by atoms with E-state index in [1.54, 1.807) is 0 Å². The maximum Gasteiger partial charge on any atom is 0.0547 e. The second-order valence-electron chi connectivity index (χ2n) is 4.99. The highest BCUT2D eigenvalue weighted by atomic mass is 15.1. The third-order valence-electron chi connectivity index (χ3n) is 3.19. The molecule has 20 heavy (non-hydrogen) atoms. The molecule has 0 unspecified atom stereocenters. The highest BCUT2D eigenvalue weighted by Gasteiger charge is 2.03. The van der Waals surface area contributed by atoms with Gasteiger partial charge in [-0.1, -0.05) is 6.07 Å². The Kier molecular flexibility index (Phi) is 5.65. The third-order valence-corrected chi connectivity index (χ3v) is 3.19. The molecule has 0 saturated carbocycles. The number of nitrogens with zero attached hydrogens (tertiary/aromatic N) is 3. The van der Waals surface area contributed by atoms with Crippen molar-refractivity contribution in [2.75, 3.05) is 20.6 Å². The van der Waals surface area contributed by atoms with Crippen molar-refractivity contribution in [2.24, 2.45) is 0 Å². The first-order valence-corrected chi connectivity index (χ1v) is 6.95. The number of hydrogen-bond acceptors (Lipinski definition) is 4. The summed E-state index contributed by atoms with van der Waals surface area (Å²) in [6.45, 7) is 2.71. The topological polar surface area (TPSA) is 41.0 Å². The number of likely N-dealkylation sites (N-methyl/N-ethyl adjacent to an activating group) is 1. The first-order chi connectivity index (χ1) is 9.78. The van der Waals surface area contributed by atoms with E-state index >= 15 is 0 Å². The smallest absolute Gasteiger partial charge is 0.0547 e. The van der Waals surface area contributed by atoms with E-state index in [1.165, 1.54) is 5.56 Å². The Bertz CT molecular complexity index is 513. The van der Waals surface area contributed by atoms with Crippen molar-refractivity contribution >= 4 is 0 Å². The molecule has 0 radical (unpaired) electrons. The molecular weight excluding hydrogens is 248 g/mol. The second-order valence-corrected chi connectivity index (χ2v) is 4.99. The predicted molar refractivity (Wildman–Crippen MR) is 81.3 cm³/mol. The molecule has 4 nitrogen and oxygen atoms in total. The number of aromatic nitrogens is 2. The SMILES string of the molecule is CNCc1cccc(CN(C)CCc2ccncc2)n1. The zero-order chi connectivity index (χ0) is 14.2. The molecule has 0 atom stereocenters. The van der Waals surface area contributed by atoms with E-state index in [4.69, 9.17) is 0 Å². The Balaban J connectivity index is 1.84. The van der Waals surface area contributed by atoms with Gasteiger partial charge in [-0.2, -0.15) is 0 Å². The molecule has 0 fully saturated rings. The fraction of sp³-hybridized carbons (Fsp3) is 0.375. The zero-order valence-corrected chi connectivity index (χ0v) is 12.2. The summed E-state index contributed by atoms with van der Waals surface area (Å²) in [5.41, 5.74) is 3.53. The average molecular weight is 270 g/mol. The van der Waals surface area contributed by atoms with E-state index < -0.39 is 0 Å². The van der Waals surface area contributed by atoms with Gasteiger partial charge in [0.1, 0.15) is 0 Å². The molecule has 4 heteroatoms. The molecule has 0 aliphatic heterocycles. The van der Waals surface area contributed by atoms with E-state index in [1.807, 2.05) is 19.4 Å². The normalized spacial score (nSPS) is 10.9. The van der Waals surface area contributed by atoms with Gasteiger partial charge in [-0.05, 0) is 50.3 Å². The van der Waals surface area contributed by atoms with Gasteiger partial charge in [0.15, 0.2) is 0 Å². The minimum absolute atomic E-state index is 0.814. The van der Waals surface area contributed by atoms with Crippen molar-refractivity contribution in [3.05, 3.63) is 59.7 Å². The molecule has 2 heterocycles. The van der Waals surface area contributed by atoms with Crippen LogP contribution in [0.15, 0.2) is 42.7 Å². The van der Waals surface area contributed by atoms with Crippen LogP contribution in [0, 0.1) is 0 Å². The third kappa shape index (κ3) is 4.72. The Morgan fingerprint density at radius 3 is 2.60 bits per heavy atom. The Hall–Kier alpha value is -1.78. The highest BCUT2D eigenvalue weighted by molar-refractivity contribution is 5.12. The Labute approximate surface area is 120 Å². The Morgan fingerprint density at radius 1 is 1.10 bits per heavy atom. The lowest BCUT2D eigenvalue weighted by Gasteiger charge is -2.16. The van der Waals surface area contributed by atoms with Crippen LogP contribution < -0.4 is 5.32 Å². The van der Waals surface area contributed by atoms with Crippen LogP contribution in [0.5, 0.6) is 0 Å². The fourth-order valence-electron chi connectivity index (χ4n) is 2.12. The molecule has 2 aromatic rings. The van der Waals surface area contributed by atoms with Crippen molar-refractivity contribution in [1.82, 2.24) is 20.2 Å². The quantitative estimate of drug-likeness (QED) is 0.834. The summed E-state index contributed by atoms with van der Waals surface area (Å²) in [5, 5.41) is 3.13. The second kappa shape index (κ2) is 7.72. The van der Waals surface area contributed by atoms with E-state index in [9.17, 15) is 0 Å². The summed E-state index contributed by atoms with van der Waals surface area (Å²) in [6.07, 6.45) is 4.73. The monoisotopic (exact) mass is 270 g/mol. The lowest BCUT2D eigenvalue weighted by atomic mass is 10.2. The van der Waals surface area contributed by atoms with E-state index in [2.05, 4.69) is 57.6 Å². The van der Waals surface area contributed by atoms with Crippen molar-refractivity contribution in [1.29, 1.82) is 0 Å². The lowest BCUT2D eigenvalue weighted by Crippen LogP contribution is -2.21. The zero-order valence-electron chi connectivity index (χ0n) is 12.2. The molecule has 0 saturated heterocycles. The van der Waals surface area contributed by atoms with Crippen molar-refractivity contribution in [2.45, 2.75) is 19.5 Å². The summed E-state index contributed by atoms with van der Waals surface area (Å²) in [7, 11) is 4.07. The maximum atomic E-state index is 4.64. The highest BCUT2D eigenvalue weighted by Crippen LogP contribution is 2.04. The largest absolute Gasteiger partial charge is 0.314 e. The van der Waals surface area contributed by atoms with E-state index in [0.717, 1.165) is 37.4 Å². The number of hydrogen-bond donors (Lipinski definition) is 1. The van der Waals surface area contributed by atoms with Gasteiger partial charge in [-0.25, -0.2) is 0 Å². The number of pyridine rings is 2. The molecule has 0 aliphatic rings. The fourth-order valence-corrected chi connectivity index (χ4v) is 2.12. The van der Waals surface area contributed by atoms with Gasteiger partial charge >= 0.3 is 0 Å². The van der Waals surface area contributed by atoms with Crippen LogP contribution in [-0.2, 0) is 19.5 Å². The number of rotatable bonds is 7. The van der Waals surface area contributed by atoms with Gasteiger partial charge in [0.2, 0.25) is 0 Å². The molecular formula is C16H22N4. The van der Waals surface area contributed by atoms with Gasteiger partial charge in [-0.3, -0.25) is 9.97 Å². The molecule has 0 bridgehead atoms. The summed E-state index contributed by atoms with van der Waals surface area (Å²) < 4.78 is 0. The predicted octanol–water partition coefficient (Wildman–Crippen LogP) is 1.87. The van der Waals surface area contributed by atoms with Gasteiger partial charge in [0.25, 0.3) is 0 Å². The lowest BCUT2D eigenvalue weighted by molar-refractivity contribution is 0.326. The van der Waals surface area contributed by atoms with Gasteiger partial charge < -0.3 is 10.2 Å². The van der Waals surface area contributed by atoms with Gasteiger partial charge in [0.05, 0.1) is 11.4 Å². The standard InChI is InChI=1S/C16H22N4/c1-17-12-15-4-3-5-16(19-15)13-20(2)11-8-14-6-9-18-10-7-14/h3-7,9-10,17H,8,11-13H2,1-2H3. The molecule has 1 N–H and O–H groups in total.